The van der Waals surface area contributed by atoms with E-state index in [-0.39, 0.29) is 23.2 Å². The number of rotatable bonds is 7. The molecule has 0 bridgehead atoms. The molecule has 1 atom stereocenters. The summed E-state index contributed by atoms with van der Waals surface area (Å²) in [6.45, 7) is 0.146. The summed E-state index contributed by atoms with van der Waals surface area (Å²) in [6, 6.07) is 2.23. The Morgan fingerprint density at radius 1 is 1.40 bits per heavy atom. The van der Waals surface area contributed by atoms with Gasteiger partial charge in [0.25, 0.3) is 11.8 Å². The van der Waals surface area contributed by atoms with Gasteiger partial charge in [-0.25, -0.2) is 13.8 Å². The van der Waals surface area contributed by atoms with E-state index in [1.807, 2.05) is 0 Å². The zero-order valence-electron chi connectivity index (χ0n) is 15.4. The molecule has 0 aliphatic carbocycles. The van der Waals surface area contributed by atoms with Gasteiger partial charge in [0.2, 0.25) is 5.88 Å². The lowest BCUT2D eigenvalue weighted by atomic mass is 10.1. The molecule has 2 aromatic heterocycles. The van der Waals surface area contributed by atoms with Gasteiger partial charge in [0.15, 0.2) is 6.61 Å². The van der Waals surface area contributed by atoms with Gasteiger partial charge in [0.05, 0.1) is 6.04 Å². The highest BCUT2D eigenvalue weighted by molar-refractivity contribution is 6.31. The van der Waals surface area contributed by atoms with Gasteiger partial charge < -0.3 is 15.4 Å². The molecule has 1 aliphatic heterocycles. The first-order valence-electron chi connectivity index (χ1n) is 8.55. The maximum absolute atomic E-state index is 13.0. The molecule has 1 unspecified atom stereocenters. The Bertz CT molecular complexity index is 1010. The fourth-order valence-electron chi connectivity index (χ4n) is 2.96. The SMILES string of the molecule is CC(c1cnc(OCC(F)(F)C(F)F)c(Cl)c1)N1Cc2c(ccnc2C(N)=O)C1=O. The molecule has 2 amide bonds. The quantitative estimate of drug-likeness (QED) is 0.658. The van der Waals surface area contributed by atoms with E-state index >= 15 is 0 Å². The lowest BCUT2D eigenvalue weighted by Crippen LogP contribution is -2.34. The number of amides is 2. The third kappa shape index (κ3) is 4.02. The van der Waals surface area contributed by atoms with E-state index in [0.717, 1.165) is 0 Å². The Morgan fingerprint density at radius 2 is 2.10 bits per heavy atom. The number of fused-ring (bicyclic) bond motifs is 1. The third-order valence-corrected chi connectivity index (χ3v) is 4.88. The molecule has 2 aromatic rings. The van der Waals surface area contributed by atoms with E-state index in [1.54, 1.807) is 6.92 Å². The first kappa shape index (κ1) is 21.8. The van der Waals surface area contributed by atoms with Crippen LogP contribution in [0.25, 0.3) is 0 Å². The highest BCUT2D eigenvalue weighted by Crippen LogP contribution is 2.34. The van der Waals surface area contributed by atoms with Crippen molar-refractivity contribution in [1.29, 1.82) is 0 Å². The van der Waals surface area contributed by atoms with Crippen LogP contribution >= 0.6 is 11.6 Å². The van der Waals surface area contributed by atoms with Crippen LogP contribution in [-0.2, 0) is 6.54 Å². The molecule has 1 aliphatic rings. The van der Waals surface area contributed by atoms with E-state index in [1.165, 1.54) is 29.4 Å². The van der Waals surface area contributed by atoms with Gasteiger partial charge in [-0.05, 0) is 24.6 Å². The van der Waals surface area contributed by atoms with Gasteiger partial charge >= 0.3 is 12.3 Å². The molecule has 3 heterocycles. The maximum Gasteiger partial charge on any atom is 0.340 e. The zero-order chi connectivity index (χ0) is 22.2. The summed E-state index contributed by atoms with van der Waals surface area (Å²) in [5, 5.41) is -0.187. The van der Waals surface area contributed by atoms with E-state index in [4.69, 9.17) is 17.3 Å². The number of aromatic nitrogens is 2. The van der Waals surface area contributed by atoms with Gasteiger partial charge in [-0.2, -0.15) is 8.78 Å². The first-order valence-corrected chi connectivity index (χ1v) is 8.93. The van der Waals surface area contributed by atoms with Crippen LogP contribution in [0.3, 0.4) is 0 Å². The van der Waals surface area contributed by atoms with E-state index < -0.39 is 36.8 Å². The molecular formula is C18H15ClF4N4O3. The molecule has 12 heteroatoms. The summed E-state index contributed by atoms with van der Waals surface area (Å²) in [5.41, 5.74) is 6.42. The Labute approximate surface area is 172 Å². The Hall–Kier alpha value is -2.95. The molecule has 0 radical (unpaired) electrons. The van der Waals surface area contributed by atoms with Crippen molar-refractivity contribution in [3.05, 3.63) is 51.9 Å². The third-order valence-electron chi connectivity index (χ3n) is 4.61. The summed E-state index contributed by atoms with van der Waals surface area (Å²) in [6.07, 6.45) is -1.35. The number of pyridine rings is 2. The van der Waals surface area contributed by atoms with E-state index in [2.05, 4.69) is 14.7 Å². The van der Waals surface area contributed by atoms with Crippen molar-refractivity contribution in [3.8, 4) is 5.88 Å². The summed E-state index contributed by atoms with van der Waals surface area (Å²) in [7, 11) is 0. The smallest absolute Gasteiger partial charge is 0.340 e. The number of hydrogen-bond acceptors (Lipinski definition) is 5. The van der Waals surface area contributed by atoms with Crippen molar-refractivity contribution in [3.63, 3.8) is 0 Å². The van der Waals surface area contributed by atoms with Crippen molar-refractivity contribution < 1.29 is 31.9 Å². The number of nitrogens with zero attached hydrogens (tertiary/aromatic N) is 3. The van der Waals surface area contributed by atoms with Gasteiger partial charge in [-0.1, -0.05) is 11.6 Å². The number of hydrogen-bond donors (Lipinski definition) is 1. The Kier molecular flexibility index (Phi) is 5.84. The van der Waals surface area contributed by atoms with Crippen LogP contribution in [0.15, 0.2) is 24.5 Å². The number of ether oxygens (including phenoxy) is 1. The Morgan fingerprint density at radius 3 is 2.70 bits per heavy atom. The molecule has 0 aromatic carbocycles. The van der Waals surface area contributed by atoms with Crippen molar-refractivity contribution in [1.82, 2.24) is 14.9 Å². The highest BCUT2D eigenvalue weighted by atomic mass is 35.5. The number of carbonyl (C=O) groups is 2. The second-order valence-electron chi connectivity index (χ2n) is 6.56. The van der Waals surface area contributed by atoms with Crippen LogP contribution in [0.1, 0.15) is 44.9 Å². The number of primary amides is 1. The van der Waals surface area contributed by atoms with E-state index in [0.29, 0.717) is 16.7 Å². The lowest BCUT2D eigenvalue weighted by molar-refractivity contribution is -0.148. The minimum absolute atomic E-state index is 0.00425. The molecule has 0 fully saturated rings. The van der Waals surface area contributed by atoms with Crippen molar-refractivity contribution in [2.24, 2.45) is 5.73 Å². The Balaban J connectivity index is 1.79. The monoisotopic (exact) mass is 446 g/mol. The average molecular weight is 447 g/mol. The average Bonchev–Trinajstić information content (AvgIpc) is 3.03. The minimum atomic E-state index is -4.35. The lowest BCUT2D eigenvalue weighted by Gasteiger charge is -2.25. The van der Waals surface area contributed by atoms with Crippen LogP contribution in [0, 0.1) is 0 Å². The highest BCUT2D eigenvalue weighted by Gasteiger charge is 2.42. The summed E-state index contributed by atoms with van der Waals surface area (Å²) in [5.74, 6) is -5.92. The molecule has 0 spiro atoms. The van der Waals surface area contributed by atoms with Crippen LogP contribution in [-0.4, -0.2) is 45.6 Å². The predicted molar refractivity (Wildman–Crippen MR) is 96.7 cm³/mol. The van der Waals surface area contributed by atoms with Crippen molar-refractivity contribution in [2.45, 2.75) is 31.9 Å². The van der Waals surface area contributed by atoms with Crippen LogP contribution < -0.4 is 10.5 Å². The molecule has 3 rings (SSSR count). The topological polar surface area (TPSA) is 98.4 Å². The first-order chi connectivity index (χ1) is 14.0. The number of halogens is 5. The zero-order valence-corrected chi connectivity index (χ0v) is 16.2. The molecule has 160 valence electrons. The minimum Gasteiger partial charge on any atom is -0.470 e. The molecule has 7 nitrogen and oxygen atoms in total. The van der Waals surface area contributed by atoms with E-state index in [9.17, 15) is 27.2 Å². The summed E-state index contributed by atoms with van der Waals surface area (Å²) < 4.78 is 55.1. The fraction of sp³-hybridized carbons (Fsp3) is 0.333. The summed E-state index contributed by atoms with van der Waals surface area (Å²) in [4.78, 5) is 33.4. The largest absolute Gasteiger partial charge is 0.470 e. The second-order valence-corrected chi connectivity index (χ2v) is 6.97. The van der Waals surface area contributed by atoms with Gasteiger partial charge in [-0.15, -0.1) is 0 Å². The predicted octanol–water partition coefficient (Wildman–Crippen LogP) is 3.23. The van der Waals surface area contributed by atoms with Gasteiger partial charge in [-0.3, -0.25) is 14.6 Å². The maximum atomic E-state index is 13.0. The van der Waals surface area contributed by atoms with Gasteiger partial charge in [0, 0.05) is 30.1 Å². The normalized spacial score (nSPS) is 14.8. The molecule has 30 heavy (non-hydrogen) atoms. The number of carbonyl (C=O) groups excluding carboxylic acids is 2. The summed E-state index contributed by atoms with van der Waals surface area (Å²) >= 11 is 5.99. The van der Waals surface area contributed by atoms with Crippen LogP contribution in [0.4, 0.5) is 17.6 Å². The van der Waals surface area contributed by atoms with Crippen LogP contribution in [0.5, 0.6) is 5.88 Å². The number of alkyl halides is 4. The molecule has 2 N–H and O–H groups in total. The molecular weight excluding hydrogens is 432 g/mol. The van der Waals surface area contributed by atoms with Gasteiger partial charge in [0.1, 0.15) is 10.7 Å². The van der Waals surface area contributed by atoms with Crippen molar-refractivity contribution in [2.75, 3.05) is 6.61 Å². The number of nitrogens with two attached hydrogens (primary N) is 1. The van der Waals surface area contributed by atoms with Crippen molar-refractivity contribution >= 4 is 23.4 Å². The molecule has 0 saturated carbocycles. The fourth-order valence-corrected chi connectivity index (χ4v) is 3.19. The molecule has 0 saturated heterocycles. The van der Waals surface area contributed by atoms with Crippen LogP contribution in [0.2, 0.25) is 5.02 Å². The second kappa shape index (κ2) is 8.05. The standard InChI is InChI=1S/C18H15ClF4N4O3/c1-8(27-6-11-10(16(27)29)2-3-25-13(11)14(24)28)9-4-12(19)15(26-5-9)30-7-18(22,23)17(20)21/h2-5,8,17H,6-7H2,1H3,(H2,24,28).